The molecule has 0 aromatic heterocycles. The standard InChI is InChI=1S/C21H18N2O3/c1-2-22-18-10-8-17(9-11-18)20-13-12-19(14-21(20)23(24)25)26-15-16-6-4-3-5-7-16/h2-14,22H,1,15H2. The van der Waals surface area contributed by atoms with Crippen molar-refractivity contribution in [3.63, 3.8) is 0 Å². The fourth-order valence-electron chi connectivity index (χ4n) is 2.60. The first-order chi connectivity index (χ1) is 12.7. The Morgan fingerprint density at radius 2 is 1.77 bits per heavy atom. The first-order valence-electron chi connectivity index (χ1n) is 8.10. The number of benzene rings is 3. The van der Waals surface area contributed by atoms with Crippen LogP contribution in [0.4, 0.5) is 11.4 Å². The largest absolute Gasteiger partial charge is 0.489 e. The molecule has 0 aliphatic rings. The molecule has 0 spiro atoms. The number of nitrogens with one attached hydrogen (secondary N) is 1. The van der Waals surface area contributed by atoms with Gasteiger partial charge in [0.25, 0.3) is 5.69 Å². The van der Waals surface area contributed by atoms with Crippen LogP contribution in [-0.4, -0.2) is 4.92 Å². The average molecular weight is 346 g/mol. The van der Waals surface area contributed by atoms with Gasteiger partial charge in [-0.3, -0.25) is 10.1 Å². The Balaban J connectivity index is 1.84. The van der Waals surface area contributed by atoms with Gasteiger partial charge in [0.15, 0.2) is 0 Å². The maximum Gasteiger partial charge on any atom is 0.280 e. The van der Waals surface area contributed by atoms with E-state index in [4.69, 9.17) is 4.74 Å². The van der Waals surface area contributed by atoms with Crippen LogP contribution in [0, 0.1) is 10.1 Å². The van der Waals surface area contributed by atoms with Gasteiger partial charge in [0, 0.05) is 5.69 Å². The Labute approximate surface area is 151 Å². The van der Waals surface area contributed by atoms with E-state index in [-0.39, 0.29) is 10.6 Å². The molecule has 1 N–H and O–H groups in total. The number of nitro groups is 1. The minimum atomic E-state index is -0.388. The maximum atomic E-state index is 11.5. The maximum absolute atomic E-state index is 11.5. The van der Waals surface area contributed by atoms with E-state index in [0.717, 1.165) is 16.8 Å². The predicted octanol–water partition coefficient (Wildman–Crippen LogP) is 5.40. The summed E-state index contributed by atoms with van der Waals surface area (Å²) in [6.45, 7) is 3.97. The highest BCUT2D eigenvalue weighted by Crippen LogP contribution is 2.34. The van der Waals surface area contributed by atoms with Gasteiger partial charge < -0.3 is 10.1 Å². The average Bonchev–Trinajstić information content (AvgIpc) is 2.68. The highest BCUT2D eigenvalue weighted by atomic mass is 16.6. The van der Waals surface area contributed by atoms with E-state index in [1.54, 1.807) is 18.3 Å². The summed E-state index contributed by atoms with van der Waals surface area (Å²) in [5.74, 6) is 0.467. The molecular weight excluding hydrogens is 328 g/mol. The second kappa shape index (κ2) is 7.98. The highest BCUT2D eigenvalue weighted by Gasteiger charge is 2.17. The van der Waals surface area contributed by atoms with Gasteiger partial charge in [-0.15, -0.1) is 0 Å². The van der Waals surface area contributed by atoms with Crippen molar-refractivity contribution in [1.82, 2.24) is 0 Å². The molecule has 0 unspecified atom stereocenters. The van der Waals surface area contributed by atoms with Crippen molar-refractivity contribution < 1.29 is 9.66 Å². The fourth-order valence-corrected chi connectivity index (χ4v) is 2.60. The molecule has 0 radical (unpaired) electrons. The molecule has 3 aromatic rings. The van der Waals surface area contributed by atoms with Gasteiger partial charge in [0.05, 0.1) is 16.6 Å². The topological polar surface area (TPSA) is 64.4 Å². The van der Waals surface area contributed by atoms with E-state index in [9.17, 15) is 10.1 Å². The van der Waals surface area contributed by atoms with Gasteiger partial charge in [-0.2, -0.15) is 0 Å². The van der Waals surface area contributed by atoms with Crippen LogP contribution < -0.4 is 10.1 Å². The molecule has 5 nitrogen and oxygen atoms in total. The lowest BCUT2D eigenvalue weighted by Gasteiger charge is -2.09. The molecule has 0 amide bonds. The number of anilines is 1. The SMILES string of the molecule is C=CNc1ccc(-c2ccc(OCc3ccccc3)cc2[N+](=O)[O-])cc1. The third-order valence-electron chi connectivity index (χ3n) is 3.88. The monoisotopic (exact) mass is 346 g/mol. The number of hydrogen-bond donors (Lipinski definition) is 1. The van der Waals surface area contributed by atoms with Crippen LogP contribution in [0.3, 0.4) is 0 Å². The Kier molecular flexibility index (Phi) is 5.29. The van der Waals surface area contributed by atoms with Crippen molar-refractivity contribution in [2.24, 2.45) is 0 Å². The van der Waals surface area contributed by atoms with E-state index in [1.807, 2.05) is 54.6 Å². The molecule has 0 atom stereocenters. The second-order valence-corrected chi connectivity index (χ2v) is 5.64. The van der Waals surface area contributed by atoms with Crippen molar-refractivity contribution in [3.8, 4) is 16.9 Å². The predicted molar refractivity (Wildman–Crippen MR) is 103 cm³/mol. The molecule has 0 bridgehead atoms. The Morgan fingerprint density at radius 1 is 1.04 bits per heavy atom. The van der Waals surface area contributed by atoms with Crippen molar-refractivity contribution in [3.05, 3.63) is 101 Å². The summed E-state index contributed by atoms with van der Waals surface area (Å²) >= 11 is 0. The van der Waals surface area contributed by atoms with Crippen LogP contribution in [0.1, 0.15) is 5.56 Å². The third-order valence-corrected chi connectivity index (χ3v) is 3.88. The van der Waals surface area contributed by atoms with E-state index < -0.39 is 0 Å². The molecule has 3 aromatic carbocycles. The number of ether oxygens (including phenoxy) is 1. The zero-order chi connectivity index (χ0) is 18.4. The van der Waals surface area contributed by atoms with E-state index in [0.29, 0.717) is 17.9 Å². The Morgan fingerprint density at radius 3 is 2.42 bits per heavy atom. The van der Waals surface area contributed by atoms with Crippen molar-refractivity contribution >= 4 is 11.4 Å². The van der Waals surface area contributed by atoms with Crippen molar-refractivity contribution in [2.45, 2.75) is 6.61 Å². The number of nitrogens with zero attached hydrogens (tertiary/aromatic N) is 1. The van der Waals surface area contributed by atoms with Gasteiger partial charge in [-0.05, 0) is 41.6 Å². The van der Waals surface area contributed by atoms with Gasteiger partial charge in [0.2, 0.25) is 0 Å². The quantitative estimate of drug-likeness (QED) is 0.460. The van der Waals surface area contributed by atoms with Gasteiger partial charge >= 0.3 is 0 Å². The van der Waals surface area contributed by atoms with Crippen LogP contribution in [0.5, 0.6) is 5.75 Å². The van der Waals surface area contributed by atoms with E-state index in [2.05, 4.69) is 11.9 Å². The number of rotatable bonds is 7. The van der Waals surface area contributed by atoms with Crippen LogP contribution >= 0.6 is 0 Å². The lowest BCUT2D eigenvalue weighted by Crippen LogP contribution is -1.97. The lowest BCUT2D eigenvalue weighted by molar-refractivity contribution is -0.384. The second-order valence-electron chi connectivity index (χ2n) is 5.64. The van der Waals surface area contributed by atoms with Crippen LogP contribution in [0.15, 0.2) is 85.6 Å². The lowest BCUT2D eigenvalue weighted by atomic mass is 10.0. The van der Waals surface area contributed by atoms with Crippen molar-refractivity contribution in [1.29, 1.82) is 0 Å². The van der Waals surface area contributed by atoms with E-state index >= 15 is 0 Å². The summed E-state index contributed by atoms with van der Waals surface area (Å²) in [4.78, 5) is 11.1. The summed E-state index contributed by atoms with van der Waals surface area (Å²) in [5, 5.41) is 14.5. The summed E-state index contributed by atoms with van der Waals surface area (Å²) in [7, 11) is 0. The molecule has 0 heterocycles. The Hall–Kier alpha value is -3.60. The first-order valence-corrected chi connectivity index (χ1v) is 8.10. The molecule has 5 heteroatoms. The summed E-state index contributed by atoms with van der Waals surface area (Å²) in [6.07, 6.45) is 1.58. The third kappa shape index (κ3) is 4.08. The van der Waals surface area contributed by atoms with Crippen LogP contribution in [-0.2, 0) is 6.61 Å². The molecular formula is C21H18N2O3. The zero-order valence-electron chi connectivity index (χ0n) is 14.1. The molecule has 3 rings (SSSR count). The number of nitro benzene ring substituents is 1. The molecule has 26 heavy (non-hydrogen) atoms. The smallest absolute Gasteiger partial charge is 0.280 e. The van der Waals surface area contributed by atoms with Crippen LogP contribution in [0.2, 0.25) is 0 Å². The van der Waals surface area contributed by atoms with E-state index in [1.165, 1.54) is 6.07 Å². The minimum absolute atomic E-state index is 0.0139. The van der Waals surface area contributed by atoms with Gasteiger partial charge in [-0.25, -0.2) is 0 Å². The molecule has 0 saturated heterocycles. The fraction of sp³-hybridized carbons (Fsp3) is 0.0476. The van der Waals surface area contributed by atoms with Crippen molar-refractivity contribution in [2.75, 3.05) is 5.32 Å². The first kappa shape index (κ1) is 17.2. The molecule has 0 aliphatic heterocycles. The number of hydrogen-bond acceptors (Lipinski definition) is 4. The Bertz CT molecular complexity index is 906. The summed E-state index contributed by atoms with van der Waals surface area (Å²) in [5.41, 5.74) is 3.20. The summed E-state index contributed by atoms with van der Waals surface area (Å²) < 4.78 is 5.70. The molecule has 130 valence electrons. The van der Waals surface area contributed by atoms with Crippen LogP contribution in [0.25, 0.3) is 11.1 Å². The molecule has 0 saturated carbocycles. The normalized spacial score (nSPS) is 10.2. The highest BCUT2D eigenvalue weighted by molar-refractivity contribution is 5.75. The molecule has 0 fully saturated rings. The van der Waals surface area contributed by atoms with Gasteiger partial charge in [-0.1, -0.05) is 49.0 Å². The zero-order valence-corrected chi connectivity index (χ0v) is 14.1. The summed E-state index contributed by atoms with van der Waals surface area (Å²) in [6, 6.07) is 22.0. The minimum Gasteiger partial charge on any atom is -0.489 e. The molecule has 0 aliphatic carbocycles. The van der Waals surface area contributed by atoms with Gasteiger partial charge in [0.1, 0.15) is 12.4 Å².